The van der Waals surface area contributed by atoms with Crippen LogP contribution in [0.2, 0.25) is 5.02 Å². The van der Waals surface area contributed by atoms with Gasteiger partial charge in [0.1, 0.15) is 0 Å². The van der Waals surface area contributed by atoms with Crippen molar-refractivity contribution in [2.45, 2.75) is 32.6 Å². The molecule has 0 saturated carbocycles. The number of nitrogen functional groups attached to an aromatic ring is 1. The van der Waals surface area contributed by atoms with Gasteiger partial charge in [0.25, 0.3) is 0 Å². The van der Waals surface area contributed by atoms with Gasteiger partial charge in [0.15, 0.2) is 0 Å². The molecule has 6 nitrogen and oxygen atoms in total. The Balaban J connectivity index is 1.77. The Hall–Kier alpha value is -4.16. The monoisotopic (exact) mass is 527 g/mol. The highest BCUT2D eigenvalue weighted by atomic mass is 35.5. The molecule has 1 aromatic heterocycles. The number of halogens is 1. The summed E-state index contributed by atoms with van der Waals surface area (Å²) < 4.78 is 0. The highest BCUT2D eigenvalue weighted by Crippen LogP contribution is 2.45. The van der Waals surface area contributed by atoms with Crippen molar-refractivity contribution in [2.75, 3.05) is 11.1 Å². The molecule has 0 fully saturated rings. The Morgan fingerprint density at radius 2 is 1.63 bits per heavy atom. The highest BCUT2D eigenvalue weighted by Gasteiger charge is 2.39. The van der Waals surface area contributed by atoms with Crippen LogP contribution < -0.4 is 11.1 Å². The second-order valence-corrected chi connectivity index (χ2v) is 10.7. The highest BCUT2D eigenvalue weighted by molar-refractivity contribution is 6.31. The van der Waals surface area contributed by atoms with Crippen molar-refractivity contribution < 1.29 is 14.7 Å². The van der Waals surface area contributed by atoms with Gasteiger partial charge in [-0.3, -0.25) is 9.78 Å². The van der Waals surface area contributed by atoms with Crippen molar-refractivity contribution in [1.29, 1.82) is 0 Å². The third-order valence-corrected chi connectivity index (χ3v) is 6.77. The molecule has 0 bridgehead atoms. The first-order valence-electron chi connectivity index (χ1n) is 12.2. The van der Waals surface area contributed by atoms with Crippen LogP contribution in [0.3, 0.4) is 0 Å². The van der Waals surface area contributed by atoms with E-state index >= 15 is 0 Å². The van der Waals surface area contributed by atoms with E-state index in [4.69, 9.17) is 22.3 Å². The van der Waals surface area contributed by atoms with Crippen LogP contribution in [-0.2, 0) is 4.79 Å². The molecule has 0 aliphatic heterocycles. The van der Waals surface area contributed by atoms with Gasteiger partial charge >= 0.3 is 5.97 Å². The minimum absolute atomic E-state index is 0.147. The summed E-state index contributed by atoms with van der Waals surface area (Å²) in [5.41, 5.74) is 10.3. The van der Waals surface area contributed by atoms with Crippen molar-refractivity contribution in [2.24, 2.45) is 5.41 Å². The Labute approximate surface area is 227 Å². The molecule has 38 heavy (non-hydrogen) atoms. The number of nitrogens with two attached hydrogens (primary N) is 1. The van der Waals surface area contributed by atoms with Gasteiger partial charge < -0.3 is 16.2 Å². The maximum absolute atomic E-state index is 13.9. The van der Waals surface area contributed by atoms with E-state index in [1.165, 1.54) is 12.1 Å². The van der Waals surface area contributed by atoms with Crippen LogP contribution in [-0.4, -0.2) is 22.0 Å². The van der Waals surface area contributed by atoms with Crippen molar-refractivity contribution in [1.82, 2.24) is 4.98 Å². The van der Waals surface area contributed by atoms with Crippen LogP contribution in [0, 0.1) is 5.41 Å². The fraction of sp³-hybridized carbons (Fsp3) is 0.194. The number of benzene rings is 3. The average Bonchev–Trinajstić information content (AvgIpc) is 2.89. The SMILES string of the molecule is CC(C)(C)C(c1ccccc1)C(C(=O)Nc1ccc(C(=O)O)cc1)c1ccc(-c2cc(Cl)ccc2N)cn1. The summed E-state index contributed by atoms with van der Waals surface area (Å²) >= 11 is 6.19. The first kappa shape index (κ1) is 26.9. The molecule has 7 heteroatoms. The number of hydrogen-bond donors (Lipinski definition) is 3. The predicted octanol–water partition coefficient (Wildman–Crippen LogP) is 7.23. The maximum atomic E-state index is 13.9. The smallest absolute Gasteiger partial charge is 0.335 e. The van der Waals surface area contributed by atoms with Crippen molar-refractivity contribution in [3.05, 3.63) is 113 Å². The van der Waals surface area contributed by atoms with Crippen LogP contribution in [0.15, 0.2) is 91.1 Å². The molecule has 2 unspecified atom stereocenters. The van der Waals surface area contributed by atoms with Crippen molar-refractivity contribution >= 4 is 34.9 Å². The Kier molecular flexibility index (Phi) is 7.83. The molecule has 0 aliphatic carbocycles. The zero-order valence-electron chi connectivity index (χ0n) is 21.5. The van der Waals surface area contributed by atoms with Crippen LogP contribution >= 0.6 is 11.6 Å². The summed E-state index contributed by atoms with van der Waals surface area (Å²) in [5.74, 6) is -2.11. The van der Waals surface area contributed by atoms with Gasteiger partial charge in [-0.1, -0.05) is 68.8 Å². The van der Waals surface area contributed by atoms with Gasteiger partial charge in [-0.05, 0) is 59.5 Å². The lowest BCUT2D eigenvalue weighted by Gasteiger charge is -2.36. The molecule has 4 rings (SSSR count). The van der Waals surface area contributed by atoms with E-state index in [9.17, 15) is 14.7 Å². The average molecular weight is 528 g/mol. The van der Waals surface area contributed by atoms with E-state index in [0.29, 0.717) is 22.1 Å². The van der Waals surface area contributed by atoms with Crippen LogP contribution in [0.25, 0.3) is 11.1 Å². The number of pyridine rings is 1. The number of carbonyl (C=O) groups is 2. The molecule has 194 valence electrons. The predicted molar refractivity (Wildman–Crippen MR) is 153 cm³/mol. The molecular weight excluding hydrogens is 498 g/mol. The normalized spacial score (nSPS) is 12.9. The lowest BCUT2D eigenvalue weighted by atomic mass is 9.68. The standard InChI is InChI=1S/C31H30ClN3O3/c1-31(2,3)28(19-7-5-4-6-8-19)27(29(36)35-23-13-9-20(10-14-23)30(37)38)26-16-11-21(18-34-26)24-17-22(32)12-15-25(24)33/h4-18,27-28H,33H2,1-3H3,(H,35,36)(H,37,38). The van der Waals surface area contributed by atoms with Gasteiger partial charge in [-0.2, -0.15) is 0 Å². The minimum Gasteiger partial charge on any atom is -0.478 e. The number of aromatic nitrogens is 1. The molecule has 0 spiro atoms. The van der Waals surface area contributed by atoms with Gasteiger partial charge in [0, 0.05) is 39.6 Å². The minimum atomic E-state index is -1.03. The lowest BCUT2D eigenvalue weighted by Crippen LogP contribution is -2.34. The molecule has 1 amide bonds. The van der Waals surface area contributed by atoms with Crippen molar-refractivity contribution in [3.63, 3.8) is 0 Å². The number of nitrogens with one attached hydrogen (secondary N) is 1. The number of amides is 1. The van der Waals surface area contributed by atoms with Crippen LogP contribution in [0.5, 0.6) is 0 Å². The number of carbonyl (C=O) groups excluding carboxylic acids is 1. The fourth-order valence-corrected chi connectivity index (χ4v) is 4.92. The third-order valence-electron chi connectivity index (χ3n) is 6.54. The van der Waals surface area contributed by atoms with E-state index < -0.39 is 11.9 Å². The number of anilines is 2. The Bertz CT molecular complexity index is 1430. The zero-order valence-corrected chi connectivity index (χ0v) is 22.2. The topological polar surface area (TPSA) is 105 Å². The molecule has 0 aliphatic rings. The number of aromatic carboxylic acids is 1. The second-order valence-electron chi connectivity index (χ2n) is 10.3. The first-order valence-corrected chi connectivity index (χ1v) is 12.6. The lowest BCUT2D eigenvalue weighted by molar-refractivity contribution is -0.118. The molecular formula is C31H30ClN3O3. The Morgan fingerprint density at radius 3 is 2.21 bits per heavy atom. The Morgan fingerprint density at radius 1 is 0.947 bits per heavy atom. The second kappa shape index (κ2) is 11.1. The van der Waals surface area contributed by atoms with Gasteiger partial charge in [-0.15, -0.1) is 0 Å². The molecule has 4 aromatic rings. The van der Waals surface area contributed by atoms with Crippen molar-refractivity contribution in [3.8, 4) is 11.1 Å². The summed E-state index contributed by atoms with van der Waals surface area (Å²) in [6.45, 7) is 6.31. The van der Waals surface area contributed by atoms with Gasteiger partial charge in [0.2, 0.25) is 5.91 Å². The van der Waals surface area contributed by atoms with E-state index in [2.05, 4.69) is 26.1 Å². The zero-order chi connectivity index (χ0) is 27.4. The van der Waals surface area contributed by atoms with Crippen LogP contribution in [0.4, 0.5) is 11.4 Å². The largest absolute Gasteiger partial charge is 0.478 e. The van der Waals surface area contributed by atoms with E-state index in [1.54, 1.807) is 36.5 Å². The number of carboxylic acid groups (broad SMARTS) is 1. The van der Waals surface area contributed by atoms with E-state index in [0.717, 1.165) is 16.7 Å². The number of carboxylic acids is 1. The van der Waals surface area contributed by atoms with Gasteiger partial charge in [-0.25, -0.2) is 4.79 Å². The fourth-order valence-electron chi connectivity index (χ4n) is 4.75. The number of nitrogens with zero attached hydrogens (tertiary/aromatic N) is 1. The third kappa shape index (κ3) is 6.03. The van der Waals surface area contributed by atoms with E-state index in [-0.39, 0.29) is 22.8 Å². The quantitative estimate of drug-likeness (QED) is 0.220. The molecule has 2 atom stereocenters. The number of hydrogen-bond acceptors (Lipinski definition) is 4. The van der Waals surface area contributed by atoms with Gasteiger partial charge in [0.05, 0.1) is 17.2 Å². The molecule has 1 heterocycles. The summed E-state index contributed by atoms with van der Waals surface area (Å²) in [7, 11) is 0. The molecule has 0 saturated heterocycles. The first-order chi connectivity index (χ1) is 18.0. The summed E-state index contributed by atoms with van der Waals surface area (Å²) in [6, 6.07) is 25.1. The summed E-state index contributed by atoms with van der Waals surface area (Å²) in [4.78, 5) is 29.9. The maximum Gasteiger partial charge on any atom is 0.335 e. The molecule has 4 N–H and O–H groups in total. The number of rotatable bonds is 7. The summed E-state index contributed by atoms with van der Waals surface area (Å²) in [5, 5.41) is 12.8. The van der Waals surface area contributed by atoms with E-state index in [1.807, 2.05) is 42.5 Å². The molecule has 0 radical (unpaired) electrons. The summed E-state index contributed by atoms with van der Waals surface area (Å²) in [6.07, 6.45) is 1.71. The molecule has 3 aromatic carbocycles. The van der Waals surface area contributed by atoms with Crippen LogP contribution in [0.1, 0.15) is 54.2 Å².